The van der Waals surface area contributed by atoms with Crippen molar-refractivity contribution in [2.45, 2.75) is 11.1 Å². The molecular formula is C8H12N4O5S2. The standard InChI is InChI=1S/C8H12N4O5S2/c1-2-10-6(13)4-11-19(16,17)7-3-5(12(14)15)8(9)18-7/h3,11H,2,4,9H2,1H3,(H,10,13). The fourth-order valence-corrected chi connectivity index (χ4v) is 3.38. The largest absolute Gasteiger partial charge is 0.385 e. The number of nitrogen functional groups attached to an aromatic ring is 1. The predicted octanol–water partition coefficient (Wildman–Crippen LogP) is -0.347. The first-order chi connectivity index (χ1) is 8.77. The number of nitrogens with zero attached hydrogens (tertiary/aromatic N) is 1. The first-order valence-corrected chi connectivity index (χ1v) is 7.38. The summed E-state index contributed by atoms with van der Waals surface area (Å²) < 4.78 is 25.3. The lowest BCUT2D eigenvalue weighted by molar-refractivity contribution is -0.383. The van der Waals surface area contributed by atoms with Crippen molar-refractivity contribution in [1.29, 1.82) is 0 Å². The lowest BCUT2D eigenvalue weighted by atomic mass is 10.5. The SMILES string of the molecule is CCNC(=O)CNS(=O)(=O)c1cc([N+](=O)[O-])c(N)s1. The van der Waals surface area contributed by atoms with Crippen molar-refractivity contribution in [3.05, 3.63) is 16.2 Å². The number of nitrogens with one attached hydrogen (secondary N) is 2. The summed E-state index contributed by atoms with van der Waals surface area (Å²) in [4.78, 5) is 20.9. The Morgan fingerprint density at radius 3 is 2.68 bits per heavy atom. The van der Waals surface area contributed by atoms with Crippen molar-refractivity contribution in [1.82, 2.24) is 10.0 Å². The Labute approximate surface area is 113 Å². The summed E-state index contributed by atoms with van der Waals surface area (Å²) in [6.07, 6.45) is 0. The van der Waals surface area contributed by atoms with Crippen molar-refractivity contribution in [2.24, 2.45) is 0 Å². The van der Waals surface area contributed by atoms with Gasteiger partial charge in [0.1, 0.15) is 4.21 Å². The Morgan fingerprint density at radius 2 is 2.21 bits per heavy atom. The van der Waals surface area contributed by atoms with E-state index in [9.17, 15) is 23.3 Å². The Bertz CT molecular complexity index is 594. The zero-order valence-electron chi connectivity index (χ0n) is 9.87. The number of likely N-dealkylation sites (N-methyl/N-ethyl adjacent to an activating group) is 1. The van der Waals surface area contributed by atoms with Gasteiger partial charge in [-0.2, -0.15) is 0 Å². The number of amides is 1. The number of hydrogen-bond acceptors (Lipinski definition) is 7. The van der Waals surface area contributed by atoms with E-state index < -0.39 is 33.1 Å². The minimum atomic E-state index is -3.99. The van der Waals surface area contributed by atoms with Crippen LogP contribution in [-0.4, -0.2) is 32.3 Å². The molecule has 1 aromatic heterocycles. The maximum Gasteiger partial charge on any atom is 0.304 e. The molecule has 0 saturated carbocycles. The number of thiophene rings is 1. The molecule has 0 aliphatic rings. The van der Waals surface area contributed by atoms with Crippen molar-refractivity contribution in [3.8, 4) is 0 Å². The van der Waals surface area contributed by atoms with Crippen LogP contribution in [0.2, 0.25) is 0 Å². The summed E-state index contributed by atoms with van der Waals surface area (Å²) in [6.45, 7) is 1.62. The molecule has 106 valence electrons. The molecule has 1 rings (SSSR count). The zero-order valence-corrected chi connectivity index (χ0v) is 11.5. The number of sulfonamides is 1. The molecule has 0 unspecified atom stereocenters. The van der Waals surface area contributed by atoms with Gasteiger partial charge in [-0.15, -0.1) is 0 Å². The highest BCUT2D eigenvalue weighted by Crippen LogP contribution is 2.34. The second-order valence-electron chi connectivity index (χ2n) is 3.35. The van der Waals surface area contributed by atoms with Crippen LogP contribution in [0, 0.1) is 10.1 Å². The summed E-state index contributed by atoms with van der Waals surface area (Å²) in [6, 6.07) is 0.861. The lowest BCUT2D eigenvalue weighted by Crippen LogP contribution is -2.36. The fraction of sp³-hybridized carbons (Fsp3) is 0.375. The minimum absolute atomic E-state index is 0.205. The van der Waals surface area contributed by atoms with Gasteiger partial charge >= 0.3 is 5.69 Å². The summed E-state index contributed by atoms with van der Waals surface area (Å²) in [5.41, 5.74) is 4.88. The van der Waals surface area contributed by atoms with Crippen molar-refractivity contribution < 1.29 is 18.1 Å². The van der Waals surface area contributed by atoms with Gasteiger partial charge in [-0.25, -0.2) is 13.1 Å². The smallest absolute Gasteiger partial charge is 0.304 e. The van der Waals surface area contributed by atoms with Gasteiger partial charge < -0.3 is 11.1 Å². The molecule has 19 heavy (non-hydrogen) atoms. The predicted molar refractivity (Wildman–Crippen MR) is 69.3 cm³/mol. The quantitative estimate of drug-likeness (QED) is 0.484. The maximum atomic E-state index is 11.8. The van der Waals surface area contributed by atoms with Crippen molar-refractivity contribution >= 4 is 38.0 Å². The highest BCUT2D eigenvalue weighted by molar-refractivity contribution is 7.91. The normalized spacial score (nSPS) is 11.2. The second-order valence-corrected chi connectivity index (χ2v) is 6.43. The number of carbonyl (C=O) groups excluding carboxylic acids is 1. The van der Waals surface area contributed by atoms with Crippen LogP contribution in [-0.2, 0) is 14.8 Å². The molecular weight excluding hydrogens is 296 g/mol. The Kier molecular flexibility index (Phi) is 4.80. The maximum absolute atomic E-state index is 11.8. The van der Waals surface area contributed by atoms with Crippen LogP contribution in [0.4, 0.5) is 10.7 Å². The number of rotatable bonds is 6. The van der Waals surface area contributed by atoms with E-state index in [1.807, 2.05) is 4.72 Å². The molecule has 0 saturated heterocycles. The van der Waals surface area contributed by atoms with Crippen LogP contribution in [0.5, 0.6) is 0 Å². The molecule has 9 nitrogen and oxygen atoms in total. The Balaban J connectivity index is 2.86. The molecule has 1 heterocycles. The molecule has 0 radical (unpaired) electrons. The minimum Gasteiger partial charge on any atom is -0.385 e. The van der Waals surface area contributed by atoms with E-state index in [-0.39, 0.29) is 9.21 Å². The van der Waals surface area contributed by atoms with E-state index in [0.717, 1.165) is 6.07 Å². The third-order valence-electron chi connectivity index (χ3n) is 1.98. The Hall–Kier alpha value is -1.72. The lowest BCUT2D eigenvalue weighted by Gasteiger charge is -2.04. The topological polar surface area (TPSA) is 144 Å². The molecule has 0 spiro atoms. The van der Waals surface area contributed by atoms with Crippen LogP contribution in [0.25, 0.3) is 0 Å². The molecule has 4 N–H and O–H groups in total. The Morgan fingerprint density at radius 1 is 1.58 bits per heavy atom. The van der Waals surface area contributed by atoms with Gasteiger partial charge in [0.25, 0.3) is 10.0 Å². The first-order valence-electron chi connectivity index (χ1n) is 5.08. The molecule has 0 aromatic carbocycles. The molecule has 0 bridgehead atoms. The third-order valence-corrected chi connectivity index (χ3v) is 4.80. The summed E-state index contributed by atoms with van der Waals surface area (Å²) >= 11 is 0.569. The molecule has 11 heteroatoms. The van der Waals surface area contributed by atoms with E-state index in [2.05, 4.69) is 5.32 Å². The fourth-order valence-electron chi connectivity index (χ4n) is 1.14. The average Bonchev–Trinajstić information content (AvgIpc) is 2.70. The summed E-state index contributed by atoms with van der Waals surface area (Å²) in [7, 11) is -3.99. The number of nitro groups is 1. The van der Waals surface area contributed by atoms with E-state index in [0.29, 0.717) is 17.9 Å². The number of nitrogens with two attached hydrogens (primary N) is 1. The van der Waals surface area contributed by atoms with E-state index >= 15 is 0 Å². The van der Waals surface area contributed by atoms with Crippen LogP contribution >= 0.6 is 11.3 Å². The highest BCUT2D eigenvalue weighted by atomic mass is 32.2. The van der Waals surface area contributed by atoms with Gasteiger partial charge in [0.05, 0.1) is 11.5 Å². The highest BCUT2D eigenvalue weighted by Gasteiger charge is 2.24. The van der Waals surface area contributed by atoms with Gasteiger partial charge in [0.2, 0.25) is 5.91 Å². The van der Waals surface area contributed by atoms with Crippen LogP contribution in [0.15, 0.2) is 10.3 Å². The van der Waals surface area contributed by atoms with Gasteiger partial charge in [0, 0.05) is 12.6 Å². The average molecular weight is 308 g/mol. The van der Waals surface area contributed by atoms with Gasteiger partial charge in [-0.1, -0.05) is 11.3 Å². The molecule has 0 aliphatic heterocycles. The molecule has 1 amide bonds. The summed E-state index contributed by atoms with van der Waals surface area (Å²) in [5.74, 6) is -0.495. The van der Waals surface area contributed by atoms with Crippen molar-refractivity contribution in [3.63, 3.8) is 0 Å². The molecule has 0 fully saturated rings. The van der Waals surface area contributed by atoms with Crippen molar-refractivity contribution in [2.75, 3.05) is 18.8 Å². The molecule has 0 atom stereocenters. The van der Waals surface area contributed by atoms with Crippen LogP contribution < -0.4 is 15.8 Å². The zero-order chi connectivity index (χ0) is 14.6. The van der Waals surface area contributed by atoms with Gasteiger partial charge in [0.15, 0.2) is 5.00 Å². The van der Waals surface area contributed by atoms with E-state index in [1.165, 1.54) is 0 Å². The first kappa shape index (κ1) is 15.3. The second kappa shape index (κ2) is 5.95. The van der Waals surface area contributed by atoms with Crippen LogP contribution in [0.1, 0.15) is 6.92 Å². The van der Waals surface area contributed by atoms with E-state index in [4.69, 9.17) is 5.73 Å². The number of anilines is 1. The molecule has 0 aliphatic carbocycles. The monoisotopic (exact) mass is 308 g/mol. The summed E-state index contributed by atoms with van der Waals surface area (Å²) in [5, 5.41) is 12.8. The molecule has 1 aromatic rings. The number of hydrogen-bond donors (Lipinski definition) is 3. The van der Waals surface area contributed by atoms with Gasteiger partial charge in [-0.05, 0) is 6.92 Å². The van der Waals surface area contributed by atoms with Crippen LogP contribution in [0.3, 0.4) is 0 Å². The third kappa shape index (κ3) is 3.87. The van der Waals surface area contributed by atoms with Gasteiger partial charge in [-0.3, -0.25) is 14.9 Å². The van der Waals surface area contributed by atoms with E-state index in [1.54, 1.807) is 6.92 Å². The number of carbonyl (C=O) groups is 1.